The van der Waals surface area contributed by atoms with Crippen molar-refractivity contribution in [3.8, 4) is 5.75 Å². The maximum absolute atomic E-state index is 12.4. The normalized spacial score (nSPS) is 15.1. The molecule has 0 bridgehead atoms. The van der Waals surface area contributed by atoms with Gasteiger partial charge in [0.15, 0.2) is 0 Å². The minimum atomic E-state index is -0.0566. The Morgan fingerprint density at radius 2 is 2.04 bits per heavy atom. The fraction of sp³-hybridized carbons (Fsp3) is 0.524. The topological polar surface area (TPSA) is 58.6 Å². The largest absolute Gasteiger partial charge is 0.496 e. The van der Waals surface area contributed by atoms with Gasteiger partial charge in [0.2, 0.25) is 11.8 Å². The molecule has 1 N–H and O–H groups in total. The molecular weight excluding hydrogens is 364 g/mol. The summed E-state index contributed by atoms with van der Waals surface area (Å²) in [4.78, 5) is 26.4. The number of likely N-dealkylation sites (tertiary alicyclic amines) is 1. The smallest absolute Gasteiger partial charge is 0.246 e. The Kier molecular flexibility index (Phi) is 8.65. The molecule has 2 rings (SSSR count). The molecule has 5 nitrogen and oxygen atoms in total. The number of rotatable bonds is 8. The Hall–Kier alpha value is -2.01. The molecule has 0 unspecified atom stereocenters. The number of benzene rings is 1. The van der Waals surface area contributed by atoms with Crippen LogP contribution < -0.4 is 10.1 Å². The van der Waals surface area contributed by atoms with E-state index in [0.29, 0.717) is 36.7 Å². The van der Waals surface area contributed by atoms with Gasteiger partial charge in [0.25, 0.3) is 0 Å². The van der Waals surface area contributed by atoms with Gasteiger partial charge in [-0.15, -0.1) is 0 Å². The second kappa shape index (κ2) is 11.0. The van der Waals surface area contributed by atoms with Crippen LogP contribution in [0.3, 0.4) is 0 Å². The molecule has 1 saturated heterocycles. The van der Waals surface area contributed by atoms with Gasteiger partial charge in [-0.25, -0.2) is 0 Å². The van der Waals surface area contributed by atoms with Gasteiger partial charge in [-0.05, 0) is 43.5 Å². The zero-order chi connectivity index (χ0) is 19.6. The Bertz CT molecular complexity index is 667. The van der Waals surface area contributed by atoms with Gasteiger partial charge in [-0.2, -0.15) is 0 Å². The molecule has 0 atom stereocenters. The molecule has 2 amide bonds. The van der Waals surface area contributed by atoms with Crippen LogP contribution >= 0.6 is 11.6 Å². The van der Waals surface area contributed by atoms with Crippen LogP contribution in [0.4, 0.5) is 0 Å². The predicted molar refractivity (Wildman–Crippen MR) is 109 cm³/mol. The third-order valence-electron chi connectivity index (χ3n) is 4.85. The van der Waals surface area contributed by atoms with E-state index in [1.54, 1.807) is 42.4 Å². The molecule has 1 fully saturated rings. The van der Waals surface area contributed by atoms with E-state index in [0.717, 1.165) is 31.4 Å². The quantitative estimate of drug-likeness (QED) is 0.539. The number of nitrogens with one attached hydrogen (secondary N) is 1. The van der Waals surface area contributed by atoms with Crippen LogP contribution in [-0.2, 0) is 9.59 Å². The van der Waals surface area contributed by atoms with Crippen LogP contribution in [0.25, 0.3) is 6.08 Å². The van der Waals surface area contributed by atoms with Gasteiger partial charge >= 0.3 is 0 Å². The maximum Gasteiger partial charge on any atom is 0.246 e. The molecule has 1 aromatic carbocycles. The highest BCUT2D eigenvalue weighted by atomic mass is 35.5. The van der Waals surface area contributed by atoms with Gasteiger partial charge in [0.05, 0.1) is 7.11 Å². The van der Waals surface area contributed by atoms with Crippen LogP contribution in [0.2, 0.25) is 5.02 Å². The highest BCUT2D eigenvalue weighted by Gasteiger charge is 2.26. The lowest BCUT2D eigenvalue weighted by molar-refractivity contribution is -0.132. The summed E-state index contributed by atoms with van der Waals surface area (Å²) < 4.78 is 5.29. The lowest BCUT2D eigenvalue weighted by atomic mass is 9.95. The van der Waals surface area contributed by atoms with Crippen molar-refractivity contribution in [2.75, 3.05) is 26.7 Å². The zero-order valence-corrected chi connectivity index (χ0v) is 16.9. The summed E-state index contributed by atoms with van der Waals surface area (Å²) in [5.74, 6) is 0.742. The Balaban J connectivity index is 1.83. The van der Waals surface area contributed by atoms with Crippen molar-refractivity contribution in [2.45, 2.75) is 39.0 Å². The first-order valence-corrected chi connectivity index (χ1v) is 10.0. The van der Waals surface area contributed by atoms with Crippen molar-refractivity contribution in [3.05, 3.63) is 34.9 Å². The van der Waals surface area contributed by atoms with Crippen molar-refractivity contribution in [2.24, 2.45) is 5.92 Å². The number of halogens is 1. The third-order valence-corrected chi connectivity index (χ3v) is 5.09. The zero-order valence-electron chi connectivity index (χ0n) is 16.2. The lowest BCUT2D eigenvalue weighted by Gasteiger charge is -2.30. The number of methoxy groups -OCH3 is 1. The van der Waals surface area contributed by atoms with Crippen LogP contribution in [0.1, 0.15) is 44.6 Å². The first-order chi connectivity index (χ1) is 13.0. The number of carbonyl (C=O) groups is 2. The molecule has 1 aromatic rings. The summed E-state index contributed by atoms with van der Waals surface area (Å²) in [6.07, 6.45) is 7.98. The number of nitrogens with zero attached hydrogens (tertiary/aromatic N) is 1. The van der Waals surface area contributed by atoms with E-state index in [4.69, 9.17) is 16.3 Å². The molecular formula is C21H29ClN2O3. The van der Waals surface area contributed by atoms with Crippen molar-refractivity contribution in [3.63, 3.8) is 0 Å². The minimum absolute atomic E-state index is 0.00711. The van der Waals surface area contributed by atoms with Crippen LogP contribution in [0.15, 0.2) is 24.3 Å². The first-order valence-electron chi connectivity index (χ1n) is 9.63. The number of carbonyl (C=O) groups excluding carboxylic acids is 2. The highest BCUT2D eigenvalue weighted by molar-refractivity contribution is 6.30. The van der Waals surface area contributed by atoms with Gasteiger partial charge in [-0.3, -0.25) is 9.59 Å². The van der Waals surface area contributed by atoms with Gasteiger partial charge < -0.3 is 15.0 Å². The van der Waals surface area contributed by atoms with Crippen LogP contribution in [0, 0.1) is 5.92 Å². The fourth-order valence-electron chi connectivity index (χ4n) is 3.19. The third kappa shape index (κ3) is 6.58. The number of hydrogen-bond acceptors (Lipinski definition) is 3. The van der Waals surface area contributed by atoms with E-state index in [9.17, 15) is 9.59 Å². The first kappa shape index (κ1) is 21.3. The van der Waals surface area contributed by atoms with Gasteiger partial charge in [-0.1, -0.05) is 31.4 Å². The van der Waals surface area contributed by atoms with E-state index in [1.165, 1.54) is 0 Å². The van der Waals surface area contributed by atoms with Crippen molar-refractivity contribution in [1.29, 1.82) is 0 Å². The average Bonchev–Trinajstić information content (AvgIpc) is 2.69. The summed E-state index contributed by atoms with van der Waals surface area (Å²) in [7, 11) is 1.58. The maximum atomic E-state index is 12.4. The highest BCUT2D eigenvalue weighted by Crippen LogP contribution is 2.24. The summed E-state index contributed by atoms with van der Waals surface area (Å²) in [6, 6.07) is 5.29. The van der Waals surface area contributed by atoms with E-state index in [-0.39, 0.29) is 17.7 Å². The molecule has 0 aromatic heterocycles. The second-order valence-corrected chi connectivity index (χ2v) is 7.25. The Morgan fingerprint density at radius 3 is 2.70 bits per heavy atom. The molecule has 0 radical (unpaired) electrons. The summed E-state index contributed by atoms with van der Waals surface area (Å²) >= 11 is 6.01. The molecule has 6 heteroatoms. The summed E-state index contributed by atoms with van der Waals surface area (Å²) in [6.45, 7) is 4.09. The van der Waals surface area contributed by atoms with Crippen LogP contribution in [-0.4, -0.2) is 43.5 Å². The number of unbranched alkanes of at least 4 members (excludes halogenated alkanes) is 2. The molecule has 0 aliphatic carbocycles. The predicted octanol–water partition coefficient (Wildman–Crippen LogP) is 3.91. The van der Waals surface area contributed by atoms with E-state index >= 15 is 0 Å². The van der Waals surface area contributed by atoms with E-state index in [2.05, 4.69) is 12.2 Å². The van der Waals surface area contributed by atoms with E-state index < -0.39 is 0 Å². The molecule has 0 spiro atoms. The standard InChI is InChI=1S/C21H29ClN2O3/c1-3-4-5-12-23-21(26)16-10-13-24(14-11-16)20(25)9-6-17-15-18(22)7-8-19(17)27-2/h6-9,15-16H,3-5,10-14H2,1-2H3,(H,23,26). The number of piperidine rings is 1. The Morgan fingerprint density at radius 1 is 1.30 bits per heavy atom. The molecule has 27 heavy (non-hydrogen) atoms. The monoisotopic (exact) mass is 392 g/mol. The van der Waals surface area contributed by atoms with E-state index in [1.807, 2.05) is 0 Å². The summed E-state index contributed by atoms with van der Waals surface area (Å²) in [5, 5.41) is 3.60. The molecule has 1 aliphatic rings. The molecule has 1 heterocycles. The average molecular weight is 393 g/mol. The van der Waals surface area contributed by atoms with Crippen molar-refractivity contribution >= 4 is 29.5 Å². The minimum Gasteiger partial charge on any atom is -0.496 e. The SMILES string of the molecule is CCCCCNC(=O)C1CCN(C(=O)C=Cc2cc(Cl)ccc2OC)CC1. The fourth-order valence-corrected chi connectivity index (χ4v) is 3.38. The number of amides is 2. The number of hydrogen-bond donors (Lipinski definition) is 1. The molecule has 1 aliphatic heterocycles. The van der Waals surface area contributed by atoms with Crippen molar-refractivity contribution in [1.82, 2.24) is 10.2 Å². The van der Waals surface area contributed by atoms with Crippen LogP contribution in [0.5, 0.6) is 5.75 Å². The molecule has 0 saturated carbocycles. The number of ether oxygens (including phenoxy) is 1. The lowest BCUT2D eigenvalue weighted by Crippen LogP contribution is -2.42. The summed E-state index contributed by atoms with van der Waals surface area (Å²) in [5.41, 5.74) is 0.764. The van der Waals surface area contributed by atoms with Gasteiger partial charge in [0.1, 0.15) is 5.75 Å². The van der Waals surface area contributed by atoms with Gasteiger partial charge in [0, 0.05) is 42.2 Å². The second-order valence-electron chi connectivity index (χ2n) is 6.82. The molecule has 148 valence electrons. The van der Waals surface area contributed by atoms with Crippen molar-refractivity contribution < 1.29 is 14.3 Å². The Labute approximate surface area is 166 Å².